The van der Waals surface area contributed by atoms with Gasteiger partial charge in [0.1, 0.15) is 5.65 Å². The highest BCUT2D eigenvalue weighted by Crippen LogP contribution is 2.17. The lowest BCUT2D eigenvalue weighted by Crippen LogP contribution is -2.17. The highest BCUT2D eigenvalue weighted by Gasteiger charge is 2.18. The Morgan fingerprint density at radius 1 is 1.59 bits per heavy atom. The van der Waals surface area contributed by atoms with E-state index >= 15 is 0 Å². The number of anilines is 1. The first kappa shape index (κ1) is 11.4. The minimum atomic E-state index is -1.06. The standard InChI is InChI=1S/C11H13N3O3/c1-7(15)6-12-10-9(11(16)17)14-5-3-2-4-8(14)13-10/h2-5,7,12,15H,6H2,1H3,(H,16,17). The molecule has 2 rings (SSSR count). The Kier molecular flexibility index (Phi) is 2.97. The highest BCUT2D eigenvalue weighted by molar-refractivity contribution is 5.92. The molecule has 0 aliphatic heterocycles. The fraction of sp³-hybridized carbons (Fsp3) is 0.273. The maximum atomic E-state index is 11.2. The number of nitrogens with zero attached hydrogens (tertiary/aromatic N) is 2. The van der Waals surface area contributed by atoms with E-state index in [2.05, 4.69) is 10.3 Å². The molecular weight excluding hydrogens is 222 g/mol. The Labute approximate surface area is 97.5 Å². The number of rotatable bonds is 4. The molecule has 6 heteroatoms. The highest BCUT2D eigenvalue weighted by atomic mass is 16.4. The molecule has 17 heavy (non-hydrogen) atoms. The summed E-state index contributed by atoms with van der Waals surface area (Å²) in [5.41, 5.74) is 0.624. The molecule has 3 N–H and O–H groups in total. The van der Waals surface area contributed by atoms with Crippen LogP contribution in [0.3, 0.4) is 0 Å². The number of carboxylic acids is 1. The van der Waals surface area contributed by atoms with Crippen molar-refractivity contribution in [3.05, 3.63) is 30.1 Å². The predicted octanol–water partition coefficient (Wildman–Crippen LogP) is 0.825. The molecule has 2 heterocycles. The van der Waals surface area contributed by atoms with Crippen LogP contribution in [0.2, 0.25) is 0 Å². The minimum Gasteiger partial charge on any atom is -0.476 e. The molecule has 0 aromatic carbocycles. The van der Waals surface area contributed by atoms with Crippen molar-refractivity contribution in [1.29, 1.82) is 0 Å². The quantitative estimate of drug-likeness (QED) is 0.730. The molecule has 2 aromatic heterocycles. The van der Waals surface area contributed by atoms with Gasteiger partial charge in [-0.25, -0.2) is 9.78 Å². The van der Waals surface area contributed by atoms with Gasteiger partial charge in [0.05, 0.1) is 6.10 Å². The van der Waals surface area contributed by atoms with Gasteiger partial charge in [-0.05, 0) is 19.1 Å². The van der Waals surface area contributed by atoms with Gasteiger partial charge in [-0.1, -0.05) is 6.07 Å². The molecule has 0 aliphatic rings. The zero-order valence-corrected chi connectivity index (χ0v) is 9.29. The molecule has 0 saturated heterocycles. The Bertz CT molecular complexity index is 548. The third-order valence-corrected chi connectivity index (χ3v) is 2.30. The first-order valence-electron chi connectivity index (χ1n) is 5.22. The van der Waals surface area contributed by atoms with E-state index in [4.69, 9.17) is 5.11 Å². The van der Waals surface area contributed by atoms with Crippen molar-refractivity contribution in [3.8, 4) is 0 Å². The third kappa shape index (κ3) is 2.21. The summed E-state index contributed by atoms with van der Waals surface area (Å²) >= 11 is 0. The second-order valence-corrected chi connectivity index (χ2v) is 3.77. The maximum Gasteiger partial charge on any atom is 0.356 e. The molecule has 1 unspecified atom stereocenters. The SMILES string of the molecule is CC(O)CNc1nc2ccccn2c1C(=O)O. The van der Waals surface area contributed by atoms with Crippen LogP contribution in [0.1, 0.15) is 17.4 Å². The van der Waals surface area contributed by atoms with E-state index in [-0.39, 0.29) is 18.1 Å². The summed E-state index contributed by atoms with van der Waals surface area (Å²) < 4.78 is 1.49. The number of imidazole rings is 1. The normalized spacial score (nSPS) is 12.6. The van der Waals surface area contributed by atoms with Gasteiger partial charge in [-0.15, -0.1) is 0 Å². The van der Waals surface area contributed by atoms with Crippen LogP contribution in [0.4, 0.5) is 5.82 Å². The second-order valence-electron chi connectivity index (χ2n) is 3.77. The zero-order chi connectivity index (χ0) is 12.4. The van der Waals surface area contributed by atoms with Gasteiger partial charge >= 0.3 is 5.97 Å². The fourth-order valence-electron chi connectivity index (χ4n) is 1.57. The molecule has 90 valence electrons. The molecule has 6 nitrogen and oxygen atoms in total. The van der Waals surface area contributed by atoms with Crippen LogP contribution in [0.15, 0.2) is 24.4 Å². The van der Waals surface area contributed by atoms with Crippen molar-refractivity contribution in [2.24, 2.45) is 0 Å². The van der Waals surface area contributed by atoms with Crippen molar-refractivity contribution in [2.45, 2.75) is 13.0 Å². The molecule has 0 fully saturated rings. The van der Waals surface area contributed by atoms with Gasteiger partial charge in [0.25, 0.3) is 0 Å². The number of aliphatic hydroxyl groups excluding tert-OH is 1. The van der Waals surface area contributed by atoms with Crippen molar-refractivity contribution in [1.82, 2.24) is 9.38 Å². The predicted molar refractivity (Wildman–Crippen MR) is 62.3 cm³/mol. The maximum absolute atomic E-state index is 11.2. The van der Waals surface area contributed by atoms with E-state index in [1.807, 2.05) is 0 Å². The van der Waals surface area contributed by atoms with Gasteiger partial charge in [0.2, 0.25) is 0 Å². The summed E-state index contributed by atoms with van der Waals surface area (Å²) in [6.45, 7) is 1.87. The average molecular weight is 235 g/mol. The number of aliphatic hydroxyl groups is 1. The van der Waals surface area contributed by atoms with E-state index in [9.17, 15) is 9.90 Å². The van der Waals surface area contributed by atoms with Gasteiger partial charge < -0.3 is 15.5 Å². The average Bonchev–Trinajstić information content (AvgIpc) is 2.64. The monoisotopic (exact) mass is 235 g/mol. The van der Waals surface area contributed by atoms with E-state index in [1.165, 1.54) is 4.40 Å². The van der Waals surface area contributed by atoms with Crippen LogP contribution >= 0.6 is 0 Å². The Balaban J connectivity index is 2.46. The topological polar surface area (TPSA) is 86.9 Å². The van der Waals surface area contributed by atoms with Crippen LogP contribution in [-0.4, -0.2) is 38.2 Å². The van der Waals surface area contributed by atoms with Gasteiger partial charge in [-0.3, -0.25) is 4.40 Å². The van der Waals surface area contributed by atoms with Gasteiger partial charge in [-0.2, -0.15) is 0 Å². The molecule has 2 aromatic rings. The Morgan fingerprint density at radius 3 is 3.00 bits per heavy atom. The number of carboxylic acid groups (broad SMARTS) is 1. The molecular formula is C11H13N3O3. The van der Waals surface area contributed by atoms with Crippen molar-refractivity contribution in [2.75, 3.05) is 11.9 Å². The minimum absolute atomic E-state index is 0.0706. The van der Waals surface area contributed by atoms with Gasteiger partial charge in [0, 0.05) is 12.7 Å². The van der Waals surface area contributed by atoms with Crippen molar-refractivity contribution in [3.63, 3.8) is 0 Å². The van der Waals surface area contributed by atoms with E-state index < -0.39 is 12.1 Å². The largest absolute Gasteiger partial charge is 0.476 e. The molecule has 0 saturated carbocycles. The number of aromatic nitrogens is 2. The molecule has 0 aliphatic carbocycles. The number of pyridine rings is 1. The smallest absolute Gasteiger partial charge is 0.356 e. The van der Waals surface area contributed by atoms with E-state index in [0.29, 0.717) is 5.65 Å². The lowest BCUT2D eigenvalue weighted by atomic mass is 10.3. The van der Waals surface area contributed by atoms with Crippen molar-refractivity contribution < 1.29 is 15.0 Å². The van der Waals surface area contributed by atoms with Crippen LogP contribution in [-0.2, 0) is 0 Å². The Morgan fingerprint density at radius 2 is 2.35 bits per heavy atom. The number of fused-ring (bicyclic) bond motifs is 1. The molecule has 0 spiro atoms. The summed E-state index contributed by atoms with van der Waals surface area (Å²) in [4.78, 5) is 15.3. The number of hydrogen-bond donors (Lipinski definition) is 3. The van der Waals surface area contributed by atoms with Gasteiger partial charge in [0.15, 0.2) is 11.5 Å². The van der Waals surface area contributed by atoms with Crippen LogP contribution < -0.4 is 5.32 Å². The summed E-state index contributed by atoms with van der Waals surface area (Å²) in [6, 6.07) is 5.24. The first-order valence-corrected chi connectivity index (χ1v) is 5.22. The van der Waals surface area contributed by atoms with E-state index in [0.717, 1.165) is 0 Å². The number of carbonyl (C=O) groups is 1. The summed E-state index contributed by atoms with van der Waals surface area (Å²) in [5.74, 6) is -0.790. The number of hydrogen-bond acceptors (Lipinski definition) is 4. The summed E-state index contributed by atoms with van der Waals surface area (Å²) in [7, 11) is 0. The zero-order valence-electron chi connectivity index (χ0n) is 9.29. The summed E-state index contributed by atoms with van der Waals surface area (Å²) in [6.07, 6.45) is 1.07. The molecule has 1 atom stereocenters. The second kappa shape index (κ2) is 4.42. The fourth-order valence-corrected chi connectivity index (χ4v) is 1.57. The lowest BCUT2D eigenvalue weighted by Gasteiger charge is -2.06. The Hall–Kier alpha value is -2.08. The molecule has 0 radical (unpaired) electrons. The summed E-state index contributed by atoms with van der Waals surface area (Å²) in [5, 5.41) is 21.1. The number of aromatic carboxylic acids is 1. The first-order chi connectivity index (χ1) is 8.09. The van der Waals surface area contributed by atoms with Crippen LogP contribution in [0, 0.1) is 0 Å². The molecule has 0 bridgehead atoms. The van der Waals surface area contributed by atoms with Crippen LogP contribution in [0.5, 0.6) is 0 Å². The molecule has 0 amide bonds. The lowest BCUT2D eigenvalue weighted by molar-refractivity contribution is 0.0690. The number of nitrogens with one attached hydrogen (secondary N) is 1. The van der Waals surface area contributed by atoms with Crippen molar-refractivity contribution >= 4 is 17.4 Å². The van der Waals surface area contributed by atoms with E-state index in [1.54, 1.807) is 31.3 Å². The van der Waals surface area contributed by atoms with Crippen LogP contribution in [0.25, 0.3) is 5.65 Å². The third-order valence-electron chi connectivity index (χ3n) is 2.30.